The molecule has 0 unspecified atom stereocenters. The van der Waals surface area contributed by atoms with Gasteiger partial charge in [-0.2, -0.15) is 0 Å². The summed E-state index contributed by atoms with van der Waals surface area (Å²) < 4.78 is 60.2. The quantitative estimate of drug-likeness (QED) is 0.0685. The van der Waals surface area contributed by atoms with Crippen molar-refractivity contribution < 1.29 is 56.4 Å². The lowest BCUT2D eigenvalue weighted by Crippen LogP contribution is -2.17. The lowest BCUT2D eigenvalue weighted by molar-refractivity contribution is -0.145. The van der Waals surface area contributed by atoms with Crippen molar-refractivity contribution in [2.75, 3.05) is 13.6 Å². The molecule has 0 radical (unpaired) electrons. The standard InChI is InChI=1S/C37H28F2O10/c1-5-33(40)46-19-44-21-7-13-27(31(38)17-21)35(42)48-23-9-11-25-26-12-10-24(16-30(26)37(3,4)29(25)15-23)49-36(43)28-14-8-22(18-32(28)39)45-20-47-34(41)6-2/h5-18H,1-2,19-20H2,3-4H3. The van der Waals surface area contributed by atoms with Crippen LogP contribution in [0.1, 0.15) is 45.7 Å². The van der Waals surface area contributed by atoms with Gasteiger partial charge in [0.1, 0.15) is 34.6 Å². The molecule has 0 atom stereocenters. The van der Waals surface area contributed by atoms with Crippen LogP contribution in [0.3, 0.4) is 0 Å². The number of rotatable bonds is 12. The Hall–Kier alpha value is -6.30. The zero-order valence-electron chi connectivity index (χ0n) is 26.2. The van der Waals surface area contributed by atoms with Crippen LogP contribution < -0.4 is 18.9 Å². The number of esters is 4. The smallest absolute Gasteiger partial charge is 0.346 e. The van der Waals surface area contributed by atoms with E-state index in [1.807, 2.05) is 13.8 Å². The molecule has 12 heteroatoms. The number of carbonyl (C=O) groups excluding carboxylic acids is 4. The molecule has 49 heavy (non-hydrogen) atoms. The summed E-state index contributed by atoms with van der Waals surface area (Å²) in [7, 11) is 0. The van der Waals surface area contributed by atoms with Gasteiger partial charge in [0.25, 0.3) is 0 Å². The molecule has 1 aliphatic carbocycles. The first-order valence-electron chi connectivity index (χ1n) is 14.6. The fourth-order valence-corrected chi connectivity index (χ4v) is 5.08. The minimum absolute atomic E-state index is 0.0337. The van der Waals surface area contributed by atoms with E-state index < -0.39 is 54.5 Å². The van der Waals surface area contributed by atoms with E-state index in [-0.39, 0.29) is 34.1 Å². The van der Waals surface area contributed by atoms with Crippen LogP contribution >= 0.6 is 0 Å². The summed E-state index contributed by atoms with van der Waals surface area (Å²) in [6, 6.07) is 17.0. The summed E-state index contributed by atoms with van der Waals surface area (Å²) in [6.07, 6.45) is 1.91. The van der Waals surface area contributed by atoms with Crippen LogP contribution in [0.15, 0.2) is 98.1 Å². The Morgan fingerprint density at radius 3 is 1.37 bits per heavy atom. The highest BCUT2D eigenvalue weighted by Gasteiger charge is 2.36. The van der Waals surface area contributed by atoms with E-state index in [1.54, 1.807) is 36.4 Å². The first-order chi connectivity index (χ1) is 23.4. The van der Waals surface area contributed by atoms with Crippen LogP contribution in [0, 0.1) is 11.6 Å². The Morgan fingerprint density at radius 1 is 0.612 bits per heavy atom. The van der Waals surface area contributed by atoms with Gasteiger partial charge in [0.2, 0.25) is 13.6 Å². The van der Waals surface area contributed by atoms with E-state index in [4.69, 9.17) is 28.4 Å². The van der Waals surface area contributed by atoms with Gasteiger partial charge in [0.05, 0.1) is 11.1 Å². The van der Waals surface area contributed by atoms with Gasteiger partial charge in [0, 0.05) is 29.7 Å². The Bertz CT molecular complexity index is 1860. The number of carbonyl (C=O) groups is 4. The molecule has 0 saturated carbocycles. The number of ether oxygens (including phenoxy) is 6. The lowest BCUT2D eigenvalue weighted by atomic mass is 9.82. The van der Waals surface area contributed by atoms with Crippen LogP contribution in [0.4, 0.5) is 8.78 Å². The summed E-state index contributed by atoms with van der Waals surface area (Å²) in [6.45, 7) is 9.46. The number of halogens is 2. The third kappa shape index (κ3) is 7.49. The molecule has 0 aliphatic heterocycles. The minimum Gasteiger partial charge on any atom is -0.457 e. The molecule has 0 fully saturated rings. The number of hydrogen-bond acceptors (Lipinski definition) is 10. The first-order valence-corrected chi connectivity index (χ1v) is 14.6. The average molecular weight is 671 g/mol. The first kappa shape index (κ1) is 34.0. The molecule has 0 amide bonds. The van der Waals surface area contributed by atoms with Gasteiger partial charge in [-0.3, -0.25) is 0 Å². The topological polar surface area (TPSA) is 124 Å². The zero-order chi connectivity index (χ0) is 35.3. The van der Waals surface area contributed by atoms with Crippen LogP contribution in [0.5, 0.6) is 23.0 Å². The molecule has 0 saturated heterocycles. The molecule has 0 bridgehead atoms. The maximum Gasteiger partial charge on any atom is 0.346 e. The molecule has 1 aliphatic rings. The van der Waals surface area contributed by atoms with Crippen LogP contribution in [-0.2, 0) is 24.5 Å². The van der Waals surface area contributed by atoms with Gasteiger partial charge in [-0.05, 0) is 70.8 Å². The van der Waals surface area contributed by atoms with Gasteiger partial charge in [-0.25, -0.2) is 28.0 Å². The minimum atomic E-state index is -0.937. The molecule has 0 aromatic heterocycles. The van der Waals surface area contributed by atoms with Gasteiger partial charge in [0.15, 0.2) is 0 Å². The van der Waals surface area contributed by atoms with E-state index >= 15 is 0 Å². The van der Waals surface area contributed by atoms with Gasteiger partial charge < -0.3 is 28.4 Å². The largest absolute Gasteiger partial charge is 0.457 e. The fourth-order valence-electron chi connectivity index (χ4n) is 5.08. The van der Waals surface area contributed by atoms with Crippen molar-refractivity contribution in [2.24, 2.45) is 0 Å². The van der Waals surface area contributed by atoms with E-state index in [0.717, 1.165) is 46.5 Å². The number of benzene rings is 4. The molecule has 0 N–H and O–H groups in total. The van der Waals surface area contributed by atoms with E-state index in [2.05, 4.69) is 13.2 Å². The van der Waals surface area contributed by atoms with Gasteiger partial charge in [-0.1, -0.05) is 39.1 Å². The monoisotopic (exact) mass is 670 g/mol. The predicted octanol–water partition coefficient (Wildman–Crippen LogP) is 6.84. The van der Waals surface area contributed by atoms with Crippen molar-refractivity contribution in [1.82, 2.24) is 0 Å². The molecule has 4 aromatic rings. The molecule has 10 nitrogen and oxygen atoms in total. The Labute approximate surface area is 279 Å². The van der Waals surface area contributed by atoms with E-state index in [1.165, 1.54) is 24.3 Å². The Balaban J connectivity index is 1.26. The lowest BCUT2D eigenvalue weighted by Gasteiger charge is -2.22. The zero-order valence-corrected chi connectivity index (χ0v) is 26.2. The average Bonchev–Trinajstić information content (AvgIpc) is 3.29. The third-order valence-corrected chi connectivity index (χ3v) is 7.55. The highest BCUT2D eigenvalue weighted by atomic mass is 19.1. The van der Waals surface area contributed by atoms with E-state index in [9.17, 15) is 28.0 Å². The van der Waals surface area contributed by atoms with Crippen molar-refractivity contribution in [2.45, 2.75) is 19.3 Å². The van der Waals surface area contributed by atoms with Crippen molar-refractivity contribution in [3.8, 4) is 34.1 Å². The summed E-state index contributed by atoms with van der Waals surface area (Å²) >= 11 is 0. The SMILES string of the molecule is C=CC(=O)OCOc1ccc(C(=O)Oc2ccc3c(c2)C(C)(C)c2cc(OC(=O)c4ccc(OCOC(=O)C=C)cc4F)ccc2-3)c(F)c1. The molecule has 0 heterocycles. The number of fused-ring (bicyclic) bond motifs is 3. The summed E-state index contributed by atoms with van der Waals surface area (Å²) in [5.74, 6) is -4.67. The van der Waals surface area contributed by atoms with Crippen molar-refractivity contribution in [1.29, 1.82) is 0 Å². The summed E-state index contributed by atoms with van der Waals surface area (Å²) in [4.78, 5) is 48.0. The highest BCUT2D eigenvalue weighted by Crippen LogP contribution is 2.50. The fraction of sp³-hybridized carbons (Fsp3) is 0.135. The maximum atomic E-state index is 14.7. The second-order valence-corrected chi connectivity index (χ2v) is 11.0. The van der Waals surface area contributed by atoms with Crippen LogP contribution in [0.25, 0.3) is 11.1 Å². The molecule has 5 rings (SSSR count). The summed E-state index contributed by atoms with van der Waals surface area (Å²) in [5, 5.41) is 0. The van der Waals surface area contributed by atoms with E-state index in [0.29, 0.717) is 0 Å². The van der Waals surface area contributed by atoms with Crippen molar-refractivity contribution in [3.63, 3.8) is 0 Å². The van der Waals surface area contributed by atoms with Crippen LogP contribution in [-0.4, -0.2) is 37.5 Å². The Kier molecular flexibility index (Phi) is 9.88. The van der Waals surface area contributed by atoms with Gasteiger partial charge >= 0.3 is 23.9 Å². The second-order valence-electron chi connectivity index (χ2n) is 11.0. The molecule has 250 valence electrons. The third-order valence-electron chi connectivity index (χ3n) is 7.55. The van der Waals surface area contributed by atoms with Crippen molar-refractivity contribution >= 4 is 23.9 Å². The molecular formula is C37H28F2O10. The molecular weight excluding hydrogens is 642 g/mol. The second kappa shape index (κ2) is 14.2. The van der Waals surface area contributed by atoms with Gasteiger partial charge in [-0.15, -0.1) is 0 Å². The molecule has 4 aromatic carbocycles. The predicted molar refractivity (Wildman–Crippen MR) is 170 cm³/mol. The number of hydrogen-bond donors (Lipinski definition) is 0. The van der Waals surface area contributed by atoms with Crippen LogP contribution in [0.2, 0.25) is 0 Å². The molecule has 0 spiro atoms. The summed E-state index contributed by atoms with van der Waals surface area (Å²) in [5.41, 5.74) is 1.99. The highest BCUT2D eigenvalue weighted by molar-refractivity contribution is 5.93. The normalized spacial score (nSPS) is 12.1. The Morgan fingerprint density at radius 2 is 1.00 bits per heavy atom. The maximum absolute atomic E-state index is 14.7. The van der Waals surface area contributed by atoms with Crippen molar-refractivity contribution in [3.05, 3.63) is 132 Å².